The summed E-state index contributed by atoms with van der Waals surface area (Å²) in [6.45, 7) is 6.06. The molecule has 8 rings (SSSR count). The van der Waals surface area contributed by atoms with Crippen LogP contribution in [0.5, 0.6) is 17.2 Å². The van der Waals surface area contributed by atoms with E-state index in [1.54, 1.807) is 48.2 Å². The summed E-state index contributed by atoms with van der Waals surface area (Å²) in [4.78, 5) is 44.9. The van der Waals surface area contributed by atoms with Crippen molar-refractivity contribution in [1.82, 2.24) is 4.90 Å². The van der Waals surface area contributed by atoms with Crippen molar-refractivity contribution in [1.29, 1.82) is 0 Å². The smallest absolute Gasteiger partial charge is 0.410 e. The summed E-state index contributed by atoms with van der Waals surface area (Å²) in [5.41, 5.74) is 3.48. The van der Waals surface area contributed by atoms with Crippen LogP contribution in [0.25, 0.3) is 10.8 Å². The summed E-state index contributed by atoms with van der Waals surface area (Å²) in [6, 6.07) is 30.5. The predicted octanol–water partition coefficient (Wildman–Crippen LogP) is 10.9. The zero-order valence-electron chi connectivity index (χ0n) is 39.1. The van der Waals surface area contributed by atoms with Crippen molar-refractivity contribution in [2.75, 3.05) is 26.4 Å². The van der Waals surface area contributed by atoms with Crippen molar-refractivity contribution < 1.29 is 48.6 Å². The number of nitrogens with zero attached hydrogens (tertiary/aromatic N) is 4. The van der Waals surface area contributed by atoms with Crippen LogP contribution in [0.3, 0.4) is 0 Å². The van der Waals surface area contributed by atoms with Gasteiger partial charge in [-0.1, -0.05) is 78.7 Å². The summed E-state index contributed by atoms with van der Waals surface area (Å²) in [7, 11) is 0. The number of non-ortho nitro benzene ring substituents is 2. The number of carbonyl (C=O) groups excluding carboxylic acids is 1. The maximum absolute atomic E-state index is 14.8. The van der Waals surface area contributed by atoms with Gasteiger partial charge in [-0.3, -0.25) is 25.1 Å². The molecule has 1 amide bonds. The Morgan fingerprint density at radius 3 is 2.36 bits per heavy atom. The number of hydrogen-bond acceptors (Lipinski definition) is 13. The lowest BCUT2D eigenvalue weighted by Gasteiger charge is -2.59. The van der Waals surface area contributed by atoms with Gasteiger partial charge >= 0.3 is 6.09 Å². The number of oxime groups is 1. The number of amides is 1. The third kappa shape index (κ3) is 10.5. The van der Waals surface area contributed by atoms with E-state index in [2.05, 4.69) is 12.7 Å². The van der Waals surface area contributed by atoms with E-state index < -0.39 is 39.6 Å². The van der Waals surface area contributed by atoms with Crippen LogP contribution in [0.2, 0.25) is 0 Å². The number of allylic oxidation sites excluding steroid dienone is 1. The van der Waals surface area contributed by atoms with Gasteiger partial charge in [-0.15, -0.1) is 6.58 Å². The predicted molar refractivity (Wildman–Crippen MR) is 263 cm³/mol. The van der Waals surface area contributed by atoms with Gasteiger partial charge in [0.25, 0.3) is 11.4 Å². The molecule has 0 radical (unpaired) electrons. The fourth-order valence-corrected chi connectivity index (χ4v) is 10.5. The van der Waals surface area contributed by atoms with Crippen LogP contribution >= 0.6 is 0 Å². The molecular formula is C54H58N4O12. The van der Waals surface area contributed by atoms with Crippen LogP contribution < -0.4 is 9.47 Å². The second-order valence-corrected chi connectivity index (χ2v) is 17.8. The van der Waals surface area contributed by atoms with Crippen LogP contribution in [0.4, 0.5) is 16.2 Å². The summed E-state index contributed by atoms with van der Waals surface area (Å²) in [5, 5.41) is 50.1. The maximum Gasteiger partial charge on any atom is 0.410 e. The van der Waals surface area contributed by atoms with Gasteiger partial charge in [0, 0.05) is 49.3 Å². The average molecular weight is 955 g/mol. The van der Waals surface area contributed by atoms with Crippen molar-refractivity contribution in [3.8, 4) is 17.2 Å². The van der Waals surface area contributed by atoms with E-state index in [1.807, 2.05) is 54.6 Å². The minimum atomic E-state index is -1.60. The van der Waals surface area contributed by atoms with Crippen LogP contribution in [0.15, 0.2) is 139 Å². The van der Waals surface area contributed by atoms with E-state index in [9.17, 15) is 35.2 Å². The Bertz CT molecular complexity index is 2740. The first-order valence-corrected chi connectivity index (χ1v) is 23.8. The first kappa shape index (κ1) is 49.3. The molecule has 2 N–H and O–H groups in total. The van der Waals surface area contributed by atoms with Gasteiger partial charge in [-0.2, -0.15) is 0 Å². The Morgan fingerprint density at radius 2 is 1.61 bits per heavy atom. The van der Waals surface area contributed by atoms with Crippen molar-refractivity contribution in [2.45, 2.75) is 82.8 Å². The standard InChI is InChI=1S/C54H58N4O12/c1-3-29-67-54-50(56(53(61)66-4-2)34-39-16-11-15-37-13-5-6-19-44(37)39)33-48(55-68-35-36-21-23-40(24-22-36)57(62)63)46-30-38(14-7-9-27-59)45(20-8-10-28-60)51(52(46)54)47-32-43(25-26-49(47)70-54)69-42-18-12-17-41(31-42)58(64)65/h3,5-6,11-13,15-19,21-26,30-32,38,45,50-52,59-60H,1,4,7-10,14,20,27-29,33-35H2,2H3/t38-,45+,50-,51+,52+,54+/m0/s1. The van der Waals surface area contributed by atoms with Crippen molar-refractivity contribution in [2.24, 2.45) is 22.9 Å². The zero-order valence-corrected chi connectivity index (χ0v) is 39.1. The molecule has 0 bridgehead atoms. The fraction of sp³-hybridized carbons (Fsp3) is 0.370. The topological polar surface area (TPSA) is 206 Å². The molecule has 1 aliphatic heterocycles. The molecule has 366 valence electrons. The molecule has 2 aliphatic carbocycles. The van der Waals surface area contributed by atoms with E-state index in [0.717, 1.165) is 33.9 Å². The largest absolute Gasteiger partial charge is 0.459 e. The Labute approximate surface area is 406 Å². The van der Waals surface area contributed by atoms with Gasteiger partial charge in [-0.25, -0.2) is 4.79 Å². The quantitative estimate of drug-likeness (QED) is 0.0288. The first-order chi connectivity index (χ1) is 34.1. The highest BCUT2D eigenvalue weighted by molar-refractivity contribution is 6.03. The van der Waals surface area contributed by atoms with Crippen molar-refractivity contribution in [3.63, 3.8) is 0 Å². The normalized spacial score (nSPS) is 21.7. The molecule has 0 aromatic heterocycles. The highest BCUT2D eigenvalue weighted by Crippen LogP contribution is 2.62. The molecule has 70 heavy (non-hydrogen) atoms. The molecule has 5 aromatic carbocycles. The van der Waals surface area contributed by atoms with E-state index >= 15 is 0 Å². The lowest BCUT2D eigenvalue weighted by atomic mass is 9.55. The molecule has 0 spiro atoms. The molecule has 1 fully saturated rings. The third-order valence-electron chi connectivity index (χ3n) is 13.6. The summed E-state index contributed by atoms with van der Waals surface area (Å²) in [6.07, 6.45) is 7.37. The van der Waals surface area contributed by atoms with Crippen LogP contribution in [-0.4, -0.2) is 75.0 Å². The van der Waals surface area contributed by atoms with Crippen molar-refractivity contribution >= 4 is 34.0 Å². The van der Waals surface area contributed by atoms with E-state index in [4.69, 9.17) is 28.9 Å². The lowest BCUT2D eigenvalue weighted by molar-refractivity contribution is -0.385. The molecule has 3 aliphatic rings. The Morgan fingerprint density at radius 1 is 0.886 bits per heavy atom. The molecule has 16 heteroatoms. The second kappa shape index (κ2) is 22.5. The van der Waals surface area contributed by atoms with Gasteiger partial charge in [0.2, 0.25) is 5.79 Å². The highest BCUT2D eigenvalue weighted by atomic mass is 16.7. The van der Waals surface area contributed by atoms with Crippen LogP contribution in [0, 0.1) is 38.0 Å². The number of aliphatic hydroxyl groups excluding tert-OH is 2. The molecule has 5 aromatic rings. The maximum atomic E-state index is 14.8. The van der Waals surface area contributed by atoms with E-state index in [1.165, 1.54) is 24.3 Å². The third-order valence-corrected chi connectivity index (χ3v) is 13.6. The average Bonchev–Trinajstić information content (AvgIpc) is 3.36. The monoisotopic (exact) mass is 954 g/mol. The lowest BCUT2D eigenvalue weighted by Crippen LogP contribution is -2.70. The van der Waals surface area contributed by atoms with E-state index in [-0.39, 0.29) is 75.0 Å². The minimum absolute atomic E-state index is 0.00929. The van der Waals surface area contributed by atoms with Gasteiger partial charge in [0.05, 0.1) is 47.3 Å². The molecule has 0 unspecified atom stereocenters. The SMILES string of the molecule is C=CCO[C@@]12Oc3ccc(Oc4cccc([N+](=O)[O-])c4)cc3[C@H]3[C@H](CCCCO)[C@@H](CCCCO)C=C(C(=NOCc4ccc([N+](=O)[O-])cc4)C[C@@H]1N(Cc1cccc4ccccc14)C(=O)OCC)[C@H]32. The molecule has 1 heterocycles. The molecule has 16 nitrogen and oxygen atoms in total. The molecule has 6 atom stereocenters. The number of nitro groups is 2. The first-order valence-electron chi connectivity index (χ1n) is 23.8. The Hall–Kier alpha value is -7.14. The molecule has 1 saturated carbocycles. The summed E-state index contributed by atoms with van der Waals surface area (Å²) in [5.74, 6) is -1.64. The number of rotatable bonds is 22. The van der Waals surface area contributed by atoms with Crippen molar-refractivity contribution in [3.05, 3.63) is 170 Å². The number of ether oxygens (including phenoxy) is 4. The van der Waals surface area contributed by atoms with Crippen LogP contribution in [-0.2, 0) is 27.5 Å². The zero-order chi connectivity index (χ0) is 49.2. The fourth-order valence-electron chi connectivity index (χ4n) is 10.5. The summed E-state index contributed by atoms with van der Waals surface area (Å²) >= 11 is 0. The highest BCUT2D eigenvalue weighted by Gasteiger charge is 2.65. The number of carbonyl (C=O) groups is 1. The van der Waals surface area contributed by atoms with Gasteiger partial charge in [0.15, 0.2) is 0 Å². The Balaban J connectivity index is 1.34. The molecular weight excluding hydrogens is 897 g/mol. The Kier molecular flexibility index (Phi) is 15.9. The number of hydrogen-bond donors (Lipinski definition) is 2. The number of nitro benzene ring substituents is 2. The second-order valence-electron chi connectivity index (χ2n) is 17.8. The van der Waals surface area contributed by atoms with Crippen LogP contribution in [0.1, 0.15) is 74.5 Å². The van der Waals surface area contributed by atoms with Gasteiger partial charge in [-0.05, 0) is 108 Å². The molecule has 0 saturated heterocycles. The van der Waals surface area contributed by atoms with Gasteiger partial charge in [0.1, 0.15) is 29.9 Å². The summed E-state index contributed by atoms with van der Waals surface area (Å²) < 4.78 is 26.8. The number of fused-ring (bicyclic) bond motifs is 3. The number of unbranched alkanes of at least 4 members (excludes halogenated alkanes) is 2. The number of aliphatic hydroxyl groups is 2. The van der Waals surface area contributed by atoms with E-state index in [0.29, 0.717) is 54.9 Å². The minimum Gasteiger partial charge on any atom is -0.459 e. The van der Waals surface area contributed by atoms with Gasteiger partial charge < -0.3 is 34.0 Å². The number of benzene rings is 5.